The number of rotatable bonds is 4. The molecule has 0 aliphatic heterocycles. The van der Waals surface area contributed by atoms with Crippen LogP contribution < -0.4 is 0 Å². The fourth-order valence-electron chi connectivity index (χ4n) is 1.83. The molecule has 2 N–H and O–H groups in total. The average molecular weight is 268 g/mol. The second-order valence-electron chi connectivity index (χ2n) is 4.21. The summed E-state index contributed by atoms with van der Waals surface area (Å²) in [6.07, 6.45) is 5.23. The van der Waals surface area contributed by atoms with Gasteiger partial charge >= 0.3 is 11.9 Å². The molecular formula is C16H12O4. The van der Waals surface area contributed by atoms with E-state index in [1.807, 2.05) is 36.4 Å². The summed E-state index contributed by atoms with van der Waals surface area (Å²) in [6, 6.07) is 11.1. The monoisotopic (exact) mass is 268 g/mol. The molecular weight excluding hydrogens is 256 g/mol. The molecule has 0 heterocycles. The van der Waals surface area contributed by atoms with Crippen LogP contribution in [-0.2, 0) is 9.59 Å². The van der Waals surface area contributed by atoms with Crippen LogP contribution in [0.15, 0.2) is 48.6 Å². The molecule has 100 valence electrons. The van der Waals surface area contributed by atoms with Crippen LogP contribution >= 0.6 is 0 Å². The minimum absolute atomic E-state index is 0.800. The predicted molar refractivity (Wildman–Crippen MR) is 77.3 cm³/mol. The highest BCUT2D eigenvalue weighted by Crippen LogP contribution is 2.19. The highest BCUT2D eigenvalue weighted by Gasteiger charge is 1.97. The molecule has 2 rings (SSSR count). The topological polar surface area (TPSA) is 74.6 Å². The van der Waals surface area contributed by atoms with Gasteiger partial charge in [0.2, 0.25) is 0 Å². The van der Waals surface area contributed by atoms with E-state index in [-0.39, 0.29) is 0 Å². The molecule has 0 aliphatic rings. The first-order chi connectivity index (χ1) is 9.54. The molecule has 0 fully saturated rings. The van der Waals surface area contributed by atoms with E-state index in [1.165, 1.54) is 12.2 Å². The van der Waals surface area contributed by atoms with Crippen molar-refractivity contribution in [3.8, 4) is 0 Å². The van der Waals surface area contributed by atoms with Crippen LogP contribution in [0, 0.1) is 0 Å². The van der Waals surface area contributed by atoms with E-state index in [0.717, 1.165) is 34.1 Å². The van der Waals surface area contributed by atoms with Crippen LogP contribution in [0.25, 0.3) is 22.9 Å². The minimum Gasteiger partial charge on any atom is -0.478 e. The lowest BCUT2D eigenvalue weighted by atomic mass is 10.0. The van der Waals surface area contributed by atoms with Crippen LogP contribution in [0.1, 0.15) is 11.1 Å². The molecule has 0 aromatic heterocycles. The van der Waals surface area contributed by atoms with Gasteiger partial charge in [-0.25, -0.2) is 9.59 Å². The molecule has 0 saturated heterocycles. The van der Waals surface area contributed by atoms with Crippen molar-refractivity contribution in [2.24, 2.45) is 0 Å². The van der Waals surface area contributed by atoms with E-state index in [1.54, 1.807) is 0 Å². The molecule has 0 radical (unpaired) electrons. The largest absolute Gasteiger partial charge is 0.478 e. The Morgan fingerprint density at radius 2 is 1.15 bits per heavy atom. The first-order valence-corrected chi connectivity index (χ1v) is 5.90. The van der Waals surface area contributed by atoms with Gasteiger partial charge in [0.25, 0.3) is 0 Å². The van der Waals surface area contributed by atoms with Crippen molar-refractivity contribution in [1.82, 2.24) is 0 Å². The molecule has 0 aliphatic carbocycles. The Morgan fingerprint density at radius 3 is 1.50 bits per heavy atom. The van der Waals surface area contributed by atoms with Gasteiger partial charge in [-0.3, -0.25) is 0 Å². The maximum Gasteiger partial charge on any atom is 0.328 e. The van der Waals surface area contributed by atoms with Crippen molar-refractivity contribution in [2.75, 3.05) is 0 Å². The molecule has 0 atom stereocenters. The summed E-state index contributed by atoms with van der Waals surface area (Å²) in [5.74, 6) is -1.97. The lowest BCUT2D eigenvalue weighted by molar-refractivity contribution is -0.132. The zero-order valence-corrected chi connectivity index (χ0v) is 10.5. The second kappa shape index (κ2) is 5.84. The van der Waals surface area contributed by atoms with E-state index in [2.05, 4.69) is 0 Å². The molecule has 0 unspecified atom stereocenters. The van der Waals surface area contributed by atoms with Crippen molar-refractivity contribution in [3.05, 3.63) is 59.7 Å². The maximum absolute atomic E-state index is 10.5. The van der Waals surface area contributed by atoms with E-state index in [0.29, 0.717) is 0 Å². The fourth-order valence-corrected chi connectivity index (χ4v) is 1.83. The first-order valence-electron chi connectivity index (χ1n) is 5.90. The summed E-state index contributed by atoms with van der Waals surface area (Å²) in [5, 5.41) is 19.1. The van der Waals surface area contributed by atoms with Gasteiger partial charge in [-0.1, -0.05) is 24.3 Å². The first kappa shape index (κ1) is 13.5. The molecule has 20 heavy (non-hydrogen) atoms. The van der Waals surface area contributed by atoms with E-state index in [4.69, 9.17) is 10.2 Å². The van der Waals surface area contributed by atoms with Crippen molar-refractivity contribution in [2.45, 2.75) is 0 Å². The van der Waals surface area contributed by atoms with Crippen molar-refractivity contribution in [3.63, 3.8) is 0 Å². The van der Waals surface area contributed by atoms with Gasteiger partial charge in [0.15, 0.2) is 0 Å². The number of fused-ring (bicyclic) bond motifs is 1. The molecule has 0 saturated carbocycles. The number of carbonyl (C=O) groups is 2. The van der Waals surface area contributed by atoms with E-state index >= 15 is 0 Å². The fraction of sp³-hybridized carbons (Fsp3) is 0. The van der Waals surface area contributed by atoms with Crippen LogP contribution in [0.2, 0.25) is 0 Å². The third kappa shape index (κ3) is 3.55. The minimum atomic E-state index is -0.987. The van der Waals surface area contributed by atoms with Gasteiger partial charge in [0, 0.05) is 12.2 Å². The zero-order chi connectivity index (χ0) is 14.5. The Hall–Kier alpha value is -2.88. The van der Waals surface area contributed by atoms with Crippen LogP contribution in [0.4, 0.5) is 0 Å². The van der Waals surface area contributed by atoms with Crippen molar-refractivity contribution in [1.29, 1.82) is 0 Å². The summed E-state index contributed by atoms with van der Waals surface area (Å²) in [6.45, 7) is 0. The summed E-state index contributed by atoms with van der Waals surface area (Å²) >= 11 is 0. The van der Waals surface area contributed by atoms with Crippen LogP contribution in [0.3, 0.4) is 0 Å². The summed E-state index contributed by atoms with van der Waals surface area (Å²) in [5.41, 5.74) is 1.60. The van der Waals surface area contributed by atoms with Crippen molar-refractivity contribution >= 4 is 34.9 Å². The molecule has 0 bridgehead atoms. The summed E-state index contributed by atoms with van der Waals surface area (Å²) in [7, 11) is 0. The lowest BCUT2D eigenvalue weighted by Crippen LogP contribution is -1.86. The van der Waals surface area contributed by atoms with Crippen molar-refractivity contribution < 1.29 is 19.8 Å². The third-order valence-corrected chi connectivity index (χ3v) is 2.73. The van der Waals surface area contributed by atoms with E-state index < -0.39 is 11.9 Å². The molecule has 4 nitrogen and oxygen atoms in total. The third-order valence-electron chi connectivity index (χ3n) is 2.73. The number of carboxylic acids is 2. The number of hydrogen-bond acceptors (Lipinski definition) is 2. The smallest absolute Gasteiger partial charge is 0.328 e. The Morgan fingerprint density at radius 1 is 0.750 bits per heavy atom. The quantitative estimate of drug-likeness (QED) is 0.836. The predicted octanol–water partition coefficient (Wildman–Crippen LogP) is 3.04. The Bertz CT molecular complexity index is 663. The molecule has 0 spiro atoms. The number of hydrogen-bond donors (Lipinski definition) is 2. The number of carboxylic acid groups (broad SMARTS) is 2. The zero-order valence-electron chi connectivity index (χ0n) is 10.5. The maximum atomic E-state index is 10.5. The van der Waals surface area contributed by atoms with Gasteiger partial charge in [-0.05, 0) is 46.2 Å². The highest BCUT2D eigenvalue weighted by atomic mass is 16.4. The van der Waals surface area contributed by atoms with Gasteiger partial charge in [0.05, 0.1) is 0 Å². The standard InChI is InChI=1S/C16H12O4/c17-15(18)7-3-11-1-5-13-10-12(4-8-16(19)20)2-6-14(13)9-11/h1-10H,(H,17,18)(H,19,20)/b7-3+,8-4+. The SMILES string of the molecule is O=C(O)/C=C/c1ccc2cc(/C=C/C(=O)O)ccc2c1. The number of benzene rings is 2. The van der Waals surface area contributed by atoms with Gasteiger partial charge < -0.3 is 10.2 Å². The molecule has 2 aromatic carbocycles. The Kier molecular flexibility index (Phi) is 3.96. The van der Waals surface area contributed by atoms with E-state index in [9.17, 15) is 9.59 Å². The van der Waals surface area contributed by atoms with Crippen LogP contribution in [-0.4, -0.2) is 22.2 Å². The average Bonchev–Trinajstić information content (AvgIpc) is 2.42. The number of aliphatic carboxylic acids is 2. The summed E-state index contributed by atoms with van der Waals surface area (Å²) < 4.78 is 0. The second-order valence-corrected chi connectivity index (χ2v) is 4.21. The van der Waals surface area contributed by atoms with Gasteiger partial charge in [0.1, 0.15) is 0 Å². The Balaban J connectivity index is 2.34. The van der Waals surface area contributed by atoms with Crippen LogP contribution in [0.5, 0.6) is 0 Å². The normalized spacial score (nSPS) is 11.4. The van der Waals surface area contributed by atoms with Gasteiger partial charge in [-0.2, -0.15) is 0 Å². The lowest BCUT2D eigenvalue weighted by Gasteiger charge is -2.01. The molecule has 0 amide bonds. The highest BCUT2D eigenvalue weighted by molar-refractivity contribution is 5.91. The summed E-state index contributed by atoms with van der Waals surface area (Å²) in [4.78, 5) is 20.9. The van der Waals surface area contributed by atoms with Gasteiger partial charge in [-0.15, -0.1) is 0 Å². The molecule has 2 aromatic rings. The Labute approximate surface area is 115 Å². The molecule has 4 heteroatoms.